The predicted molar refractivity (Wildman–Crippen MR) is 139 cm³/mol. The molecular formula is C25H29N3O7S2. The molecule has 1 heterocycles. The van der Waals surface area contributed by atoms with Gasteiger partial charge in [-0.1, -0.05) is 42.5 Å². The summed E-state index contributed by atoms with van der Waals surface area (Å²) in [6, 6.07) is 18.7. The molecule has 3 aromatic rings. The molecular weight excluding hydrogens is 518 g/mol. The highest BCUT2D eigenvalue weighted by atomic mass is 32.2. The van der Waals surface area contributed by atoms with Crippen molar-refractivity contribution in [2.45, 2.75) is 17.5 Å². The van der Waals surface area contributed by atoms with E-state index in [0.29, 0.717) is 12.4 Å². The molecule has 198 valence electrons. The first-order valence-electron chi connectivity index (χ1n) is 11.7. The van der Waals surface area contributed by atoms with E-state index in [4.69, 9.17) is 4.74 Å². The Hall–Kier alpha value is -3.03. The quantitative estimate of drug-likeness (QED) is 0.392. The van der Waals surface area contributed by atoms with Crippen LogP contribution in [-0.4, -0.2) is 82.1 Å². The second kappa shape index (κ2) is 11.2. The number of benzene rings is 3. The van der Waals surface area contributed by atoms with E-state index < -0.39 is 32.1 Å². The Kier molecular flexibility index (Phi) is 8.14. The van der Waals surface area contributed by atoms with Gasteiger partial charge in [0.15, 0.2) is 0 Å². The molecule has 0 bridgehead atoms. The second-order valence-corrected chi connectivity index (χ2v) is 12.6. The van der Waals surface area contributed by atoms with E-state index in [0.717, 1.165) is 22.6 Å². The molecule has 37 heavy (non-hydrogen) atoms. The van der Waals surface area contributed by atoms with Gasteiger partial charge in [-0.2, -0.15) is 4.31 Å². The minimum Gasteiger partial charge on any atom is -0.489 e. The van der Waals surface area contributed by atoms with Crippen LogP contribution in [0.5, 0.6) is 5.75 Å². The molecule has 0 aromatic heterocycles. The number of hydrogen-bond acceptors (Lipinski definition) is 7. The molecule has 0 saturated carbocycles. The number of sulfonamides is 2. The summed E-state index contributed by atoms with van der Waals surface area (Å²) in [4.78, 5) is 13.4. The number of fused-ring (bicyclic) bond motifs is 1. The van der Waals surface area contributed by atoms with Gasteiger partial charge in [-0.3, -0.25) is 9.69 Å². The molecule has 12 heteroatoms. The highest BCUT2D eigenvalue weighted by Gasteiger charge is 2.32. The van der Waals surface area contributed by atoms with Crippen molar-refractivity contribution in [3.05, 3.63) is 72.3 Å². The van der Waals surface area contributed by atoms with E-state index in [1.54, 1.807) is 17.0 Å². The number of piperazine rings is 1. The van der Waals surface area contributed by atoms with Crippen molar-refractivity contribution in [3.8, 4) is 5.75 Å². The van der Waals surface area contributed by atoms with Gasteiger partial charge < -0.3 is 9.84 Å². The molecule has 0 spiro atoms. The third kappa shape index (κ3) is 6.65. The molecule has 4 rings (SSSR count). The summed E-state index contributed by atoms with van der Waals surface area (Å²) in [5.74, 6) is -0.688. The first kappa shape index (κ1) is 27.0. The largest absolute Gasteiger partial charge is 0.489 e. The Balaban J connectivity index is 1.36. The molecule has 1 saturated heterocycles. The Bertz CT molecular complexity index is 1460. The molecule has 3 aromatic carbocycles. The van der Waals surface area contributed by atoms with Crippen LogP contribution >= 0.6 is 0 Å². The summed E-state index contributed by atoms with van der Waals surface area (Å²) in [7, 11) is -7.34. The molecule has 1 atom stereocenters. The number of ether oxygens (including phenoxy) is 1. The summed E-state index contributed by atoms with van der Waals surface area (Å²) in [6.07, 6.45) is 1.10. The molecule has 0 aliphatic carbocycles. The smallest absolute Gasteiger partial charge is 0.322 e. The molecule has 0 radical (unpaired) electrons. The molecule has 0 amide bonds. The number of hydrogen-bond donors (Lipinski definition) is 2. The fourth-order valence-corrected chi connectivity index (χ4v) is 6.15. The van der Waals surface area contributed by atoms with Crippen LogP contribution in [-0.2, 0) is 31.4 Å². The monoisotopic (exact) mass is 547 g/mol. The van der Waals surface area contributed by atoms with Gasteiger partial charge in [0.25, 0.3) is 0 Å². The van der Waals surface area contributed by atoms with Gasteiger partial charge in [-0.15, -0.1) is 0 Å². The SMILES string of the molecule is CS(=O)(=O)N1CCN([C@@H](CNS(=O)(=O)c2ccc(OCc3cccc4ccccc34)cc2)C(=O)O)CC1. The highest BCUT2D eigenvalue weighted by Crippen LogP contribution is 2.22. The van der Waals surface area contributed by atoms with Crippen molar-refractivity contribution < 1.29 is 31.5 Å². The van der Waals surface area contributed by atoms with Crippen molar-refractivity contribution in [2.24, 2.45) is 0 Å². The lowest BCUT2D eigenvalue weighted by molar-refractivity contribution is -0.143. The minimum absolute atomic E-state index is 0.0176. The van der Waals surface area contributed by atoms with E-state index in [-0.39, 0.29) is 37.6 Å². The zero-order valence-electron chi connectivity index (χ0n) is 20.3. The molecule has 10 nitrogen and oxygen atoms in total. The third-order valence-corrected chi connectivity index (χ3v) is 9.09. The van der Waals surface area contributed by atoms with Crippen LogP contribution in [0.2, 0.25) is 0 Å². The zero-order valence-corrected chi connectivity index (χ0v) is 21.9. The van der Waals surface area contributed by atoms with Crippen LogP contribution in [0.25, 0.3) is 10.8 Å². The minimum atomic E-state index is -3.98. The van der Waals surface area contributed by atoms with Crippen LogP contribution < -0.4 is 9.46 Å². The normalized spacial score (nSPS) is 16.5. The maximum absolute atomic E-state index is 12.8. The Morgan fingerprint density at radius 3 is 2.24 bits per heavy atom. The van der Waals surface area contributed by atoms with E-state index in [2.05, 4.69) is 4.72 Å². The van der Waals surface area contributed by atoms with E-state index in [1.807, 2.05) is 42.5 Å². The third-order valence-electron chi connectivity index (χ3n) is 6.34. The Labute approximate surface area is 216 Å². The lowest BCUT2D eigenvalue weighted by Crippen LogP contribution is -2.56. The fourth-order valence-electron chi connectivity index (χ4n) is 4.29. The second-order valence-electron chi connectivity index (χ2n) is 8.80. The van der Waals surface area contributed by atoms with E-state index in [9.17, 15) is 26.7 Å². The van der Waals surface area contributed by atoms with E-state index >= 15 is 0 Å². The average molecular weight is 548 g/mol. The van der Waals surface area contributed by atoms with Crippen LogP contribution in [0.3, 0.4) is 0 Å². The van der Waals surface area contributed by atoms with Crippen LogP contribution in [0, 0.1) is 0 Å². The van der Waals surface area contributed by atoms with Gasteiger partial charge in [0.2, 0.25) is 20.0 Å². The maximum Gasteiger partial charge on any atom is 0.322 e. The first-order valence-corrected chi connectivity index (χ1v) is 15.0. The lowest BCUT2D eigenvalue weighted by Gasteiger charge is -2.36. The molecule has 1 aliphatic rings. The summed E-state index contributed by atoms with van der Waals surface area (Å²) in [6.45, 7) is 0.642. The standard InChI is InChI=1S/C25H29N3O7S2/c1-36(31,32)28-15-13-27(14-16-28)24(25(29)30)17-26-37(33,34)22-11-9-21(10-12-22)35-18-20-7-4-6-19-5-2-3-8-23(19)20/h2-12,24,26H,13-18H2,1H3,(H,29,30)/t24-/m0/s1. The van der Waals surface area contributed by atoms with Gasteiger partial charge >= 0.3 is 5.97 Å². The van der Waals surface area contributed by atoms with Gasteiger partial charge in [0, 0.05) is 32.7 Å². The van der Waals surface area contributed by atoms with Gasteiger partial charge in [0.05, 0.1) is 11.2 Å². The summed E-state index contributed by atoms with van der Waals surface area (Å²) in [5, 5.41) is 11.8. The maximum atomic E-state index is 12.8. The van der Waals surface area contributed by atoms with Crippen molar-refractivity contribution in [2.75, 3.05) is 39.0 Å². The average Bonchev–Trinajstić information content (AvgIpc) is 2.87. The van der Waals surface area contributed by atoms with Crippen molar-refractivity contribution >= 4 is 36.8 Å². The zero-order chi connectivity index (χ0) is 26.6. The Morgan fingerprint density at radius 1 is 0.946 bits per heavy atom. The van der Waals surface area contributed by atoms with Crippen molar-refractivity contribution in [1.82, 2.24) is 13.9 Å². The number of rotatable bonds is 10. The molecule has 0 unspecified atom stereocenters. The summed E-state index contributed by atoms with van der Waals surface area (Å²) < 4.78 is 58.5. The topological polar surface area (TPSA) is 133 Å². The number of nitrogens with one attached hydrogen (secondary N) is 1. The first-order chi connectivity index (χ1) is 17.5. The van der Waals surface area contributed by atoms with Gasteiger partial charge in [-0.05, 0) is 40.6 Å². The number of carbonyl (C=O) groups is 1. The molecule has 2 N–H and O–H groups in total. The van der Waals surface area contributed by atoms with Crippen molar-refractivity contribution in [3.63, 3.8) is 0 Å². The Morgan fingerprint density at radius 2 is 1.59 bits per heavy atom. The van der Waals surface area contributed by atoms with Gasteiger partial charge in [-0.25, -0.2) is 21.6 Å². The molecule has 1 aliphatic heterocycles. The van der Waals surface area contributed by atoms with Crippen molar-refractivity contribution in [1.29, 1.82) is 0 Å². The van der Waals surface area contributed by atoms with Gasteiger partial charge in [0.1, 0.15) is 18.4 Å². The number of aliphatic carboxylic acids is 1. The predicted octanol–water partition coefficient (Wildman–Crippen LogP) is 1.73. The van der Waals surface area contributed by atoms with Crippen LogP contribution in [0.4, 0.5) is 0 Å². The van der Waals surface area contributed by atoms with Crippen LogP contribution in [0.1, 0.15) is 5.56 Å². The van der Waals surface area contributed by atoms with Crippen LogP contribution in [0.15, 0.2) is 71.6 Å². The summed E-state index contributed by atoms with van der Waals surface area (Å²) >= 11 is 0. The lowest BCUT2D eigenvalue weighted by atomic mass is 10.1. The number of carboxylic acids is 1. The molecule has 1 fully saturated rings. The fraction of sp³-hybridized carbons (Fsp3) is 0.320. The number of nitrogens with zero attached hydrogens (tertiary/aromatic N) is 2. The highest BCUT2D eigenvalue weighted by molar-refractivity contribution is 7.89. The number of carboxylic acid groups (broad SMARTS) is 1. The van der Waals surface area contributed by atoms with E-state index in [1.165, 1.54) is 16.4 Å². The summed E-state index contributed by atoms with van der Waals surface area (Å²) in [5.41, 5.74) is 1.01.